The monoisotopic (exact) mass is 226 g/mol. The van der Waals surface area contributed by atoms with E-state index in [1.165, 1.54) is 51.4 Å². The Kier molecular flexibility index (Phi) is 10.2. The van der Waals surface area contributed by atoms with Gasteiger partial charge in [-0.3, -0.25) is 0 Å². The van der Waals surface area contributed by atoms with Crippen LogP contribution in [0.5, 0.6) is 0 Å². The van der Waals surface area contributed by atoms with Gasteiger partial charge in [-0.1, -0.05) is 86.0 Å². The molecule has 0 saturated heterocycles. The third-order valence-corrected chi connectivity index (χ3v) is 4.25. The molecular weight excluding hydrogens is 192 g/mol. The number of hydrogen-bond donors (Lipinski definition) is 0. The quantitative estimate of drug-likeness (QED) is 0.397. The van der Waals surface area contributed by atoms with Crippen molar-refractivity contribution >= 4 is 0 Å². The molecule has 98 valence electrons. The van der Waals surface area contributed by atoms with Crippen LogP contribution in [-0.4, -0.2) is 0 Å². The first-order chi connectivity index (χ1) is 7.61. The molecule has 0 radical (unpaired) electrons. The molecular formula is C16H34. The van der Waals surface area contributed by atoms with Crippen LogP contribution in [0.2, 0.25) is 0 Å². The molecule has 0 aromatic carbocycles. The van der Waals surface area contributed by atoms with Crippen LogP contribution in [0.25, 0.3) is 0 Å². The van der Waals surface area contributed by atoms with Crippen LogP contribution in [0.3, 0.4) is 0 Å². The van der Waals surface area contributed by atoms with Crippen LogP contribution < -0.4 is 0 Å². The third-order valence-electron chi connectivity index (χ3n) is 4.25. The zero-order chi connectivity index (χ0) is 12.4. The highest BCUT2D eigenvalue weighted by Gasteiger charge is 2.09. The maximum Gasteiger partial charge on any atom is -0.0417 e. The minimum Gasteiger partial charge on any atom is -0.0654 e. The average molecular weight is 226 g/mol. The SMILES string of the molecule is CCCC(C)CCCCCC(C)C(C)CC. The van der Waals surface area contributed by atoms with Crippen LogP contribution in [-0.2, 0) is 0 Å². The molecule has 0 aromatic rings. The number of rotatable bonds is 10. The van der Waals surface area contributed by atoms with Gasteiger partial charge < -0.3 is 0 Å². The first kappa shape index (κ1) is 16.0. The summed E-state index contributed by atoms with van der Waals surface area (Å²) in [5, 5.41) is 0. The molecule has 0 aliphatic rings. The molecule has 0 saturated carbocycles. The van der Waals surface area contributed by atoms with E-state index in [-0.39, 0.29) is 0 Å². The Balaban J connectivity index is 3.33. The highest BCUT2D eigenvalue weighted by Crippen LogP contribution is 2.22. The van der Waals surface area contributed by atoms with Crippen molar-refractivity contribution in [3.05, 3.63) is 0 Å². The van der Waals surface area contributed by atoms with E-state index in [1.807, 2.05) is 0 Å². The lowest BCUT2D eigenvalue weighted by Gasteiger charge is -2.18. The Bertz CT molecular complexity index is 139. The van der Waals surface area contributed by atoms with Crippen molar-refractivity contribution in [2.45, 2.75) is 86.0 Å². The van der Waals surface area contributed by atoms with Gasteiger partial charge in [0.1, 0.15) is 0 Å². The molecule has 3 atom stereocenters. The molecule has 0 fully saturated rings. The molecule has 0 nitrogen and oxygen atoms in total. The van der Waals surface area contributed by atoms with Gasteiger partial charge in [-0.2, -0.15) is 0 Å². The summed E-state index contributed by atoms with van der Waals surface area (Å²) in [5.74, 6) is 2.80. The second kappa shape index (κ2) is 10.2. The maximum absolute atomic E-state index is 2.42. The van der Waals surface area contributed by atoms with E-state index in [0.29, 0.717) is 0 Å². The van der Waals surface area contributed by atoms with Crippen molar-refractivity contribution in [3.63, 3.8) is 0 Å². The van der Waals surface area contributed by atoms with E-state index in [9.17, 15) is 0 Å². The predicted molar refractivity (Wildman–Crippen MR) is 75.8 cm³/mol. The summed E-state index contributed by atoms with van der Waals surface area (Å²) in [6, 6.07) is 0. The van der Waals surface area contributed by atoms with Gasteiger partial charge in [-0.25, -0.2) is 0 Å². The summed E-state index contributed by atoms with van der Waals surface area (Å²) in [7, 11) is 0. The number of unbranched alkanes of at least 4 members (excludes halogenated alkanes) is 2. The van der Waals surface area contributed by atoms with Gasteiger partial charge in [0, 0.05) is 0 Å². The van der Waals surface area contributed by atoms with Crippen LogP contribution in [0.15, 0.2) is 0 Å². The first-order valence-corrected chi connectivity index (χ1v) is 7.61. The molecule has 0 amide bonds. The molecule has 0 heteroatoms. The molecule has 0 heterocycles. The topological polar surface area (TPSA) is 0 Å². The van der Waals surface area contributed by atoms with Gasteiger partial charge in [0.2, 0.25) is 0 Å². The molecule has 0 aromatic heterocycles. The zero-order valence-electron chi connectivity index (χ0n) is 12.4. The molecule has 16 heavy (non-hydrogen) atoms. The lowest BCUT2D eigenvalue weighted by Crippen LogP contribution is -2.06. The summed E-state index contributed by atoms with van der Waals surface area (Å²) in [5.41, 5.74) is 0. The van der Waals surface area contributed by atoms with Crippen molar-refractivity contribution in [3.8, 4) is 0 Å². The van der Waals surface area contributed by atoms with E-state index in [2.05, 4.69) is 34.6 Å². The Morgan fingerprint density at radius 3 is 1.88 bits per heavy atom. The Labute approximate surface area is 104 Å². The summed E-state index contributed by atoms with van der Waals surface area (Å²) in [6.07, 6.45) is 11.4. The van der Waals surface area contributed by atoms with E-state index in [1.54, 1.807) is 0 Å². The van der Waals surface area contributed by atoms with Crippen molar-refractivity contribution in [2.24, 2.45) is 17.8 Å². The van der Waals surface area contributed by atoms with Crippen molar-refractivity contribution in [1.82, 2.24) is 0 Å². The lowest BCUT2D eigenvalue weighted by molar-refractivity contribution is 0.339. The largest absolute Gasteiger partial charge is 0.0654 e. The molecule has 0 aliphatic heterocycles. The Morgan fingerprint density at radius 2 is 1.31 bits per heavy atom. The van der Waals surface area contributed by atoms with Crippen LogP contribution in [0.4, 0.5) is 0 Å². The second-order valence-electron chi connectivity index (χ2n) is 5.89. The van der Waals surface area contributed by atoms with Crippen LogP contribution in [0.1, 0.15) is 86.0 Å². The molecule has 0 spiro atoms. The molecule has 0 bridgehead atoms. The number of hydrogen-bond acceptors (Lipinski definition) is 0. The average Bonchev–Trinajstić information content (AvgIpc) is 2.27. The highest BCUT2D eigenvalue weighted by molar-refractivity contribution is 4.61. The highest BCUT2D eigenvalue weighted by atomic mass is 14.1. The van der Waals surface area contributed by atoms with Gasteiger partial charge in [0.25, 0.3) is 0 Å². The lowest BCUT2D eigenvalue weighted by atomic mass is 9.88. The molecule has 3 unspecified atom stereocenters. The van der Waals surface area contributed by atoms with Crippen LogP contribution in [0, 0.1) is 17.8 Å². The van der Waals surface area contributed by atoms with Crippen LogP contribution >= 0.6 is 0 Å². The fourth-order valence-electron chi connectivity index (χ4n) is 2.46. The first-order valence-electron chi connectivity index (χ1n) is 7.61. The fraction of sp³-hybridized carbons (Fsp3) is 1.00. The third kappa shape index (κ3) is 8.19. The van der Waals surface area contributed by atoms with Gasteiger partial charge >= 0.3 is 0 Å². The predicted octanol–water partition coefficient (Wildman–Crippen LogP) is 6.06. The van der Waals surface area contributed by atoms with E-state index in [0.717, 1.165) is 17.8 Å². The fourth-order valence-corrected chi connectivity index (χ4v) is 2.46. The normalized spacial score (nSPS) is 17.1. The molecule has 0 rings (SSSR count). The minimum absolute atomic E-state index is 0.916. The van der Waals surface area contributed by atoms with E-state index in [4.69, 9.17) is 0 Å². The van der Waals surface area contributed by atoms with Gasteiger partial charge in [0.05, 0.1) is 0 Å². The summed E-state index contributed by atoms with van der Waals surface area (Å²) < 4.78 is 0. The summed E-state index contributed by atoms with van der Waals surface area (Å²) in [6.45, 7) is 11.8. The van der Waals surface area contributed by atoms with Gasteiger partial charge in [-0.15, -0.1) is 0 Å². The van der Waals surface area contributed by atoms with E-state index < -0.39 is 0 Å². The smallest absolute Gasteiger partial charge is 0.0417 e. The van der Waals surface area contributed by atoms with Crippen molar-refractivity contribution in [2.75, 3.05) is 0 Å². The summed E-state index contributed by atoms with van der Waals surface area (Å²) >= 11 is 0. The van der Waals surface area contributed by atoms with Gasteiger partial charge in [0.15, 0.2) is 0 Å². The minimum atomic E-state index is 0.916. The van der Waals surface area contributed by atoms with Crippen molar-refractivity contribution in [1.29, 1.82) is 0 Å². The Morgan fingerprint density at radius 1 is 0.688 bits per heavy atom. The molecule has 0 aliphatic carbocycles. The summed E-state index contributed by atoms with van der Waals surface area (Å²) in [4.78, 5) is 0. The molecule has 0 N–H and O–H groups in total. The zero-order valence-corrected chi connectivity index (χ0v) is 12.4. The maximum atomic E-state index is 2.42. The van der Waals surface area contributed by atoms with E-state index >= 15 is 0 Å². The van der Waals surface area contributed by atoms with Gasteiger partial charge in [-0.05, 0) is 17.8 Å². The Hall–Kier alpha value is 0. The van der Waals surface area contributed by atoms with Crippen molar-refractivity contribution < 1.29 is 0 Å². The second-order valence-corrected chi connectivity index (χ2v) is 5.89. The standard InChI is InChI=1S/C16H34/c1-6-11-14(3)12-9-8-10-13-16(5)15(4)7-2/h14-16H,6-13H2,1-5H3.